The predicted octanol–water partition coefficient (Wildman–Crippen LogP) is 3.14. The van der Waals surface area contributed by atoms with Crippen LogP contribution in [-0.2, 0) is 11.3 Å². The van der Waals surface area contributed by atoms with Crippen LogP contribution in [0.2, 0.25) is 0 Å². The number of aryl methyl sites for hydroxylation is 2. The Morgan fingerprint density at radius 3 is 3.08 bits per heavy atom. The predicted molar refractivity (Wildman–Crippen MR) is 97.0 cm³/mol. The summed E-state index contributed by atoms with van der Waals surface area (Å²) in [6.07, 6.45) is 7.08. The first kappa shape index (κ1) is 17.5. The molecule has 0 N–H and O–H groups in total. The zero-order valence-electron chi connectivity index (χ0n) is 15.6. The normalized spacial score (nSPS) is 26.5. The van der Waals surface area contributed by atoms with Gasteiger partial charge in [-0.2, -0.15) is 0 Å². The minimum absolute atomic E-state index is 0.0331. The summed E-state index contributed by atoms with van der Waals surface area (Å²) in [5, 5.41) is 4.10. The molecule has 0 aliphatic carbocycles. The van der Waals surface area contributed by atoms with Gasteiger partial charge in [0.25, 0.3) is 0 Å². The van der Waals surface area contributed by atoms with Gasteiger partial charge in [0, 0.05) is 43.4 Å². The maximum atomic E-state index is 6.15. The third-order valence-electron chi connectivity index (χ3n) is 5.79. The van der Waals surface area contributed by atoms with Gasteiger partial charge < -0.3 is 14.0 Å². The average Bonchev–Trinajstić information content (AvgIpc) is 2.99. The molecule has 4 rings (SSSR count). The molecule has 6 heteroatoms. The Hall–Kier alpha value is -1.92. The first-order valence-corrected chi connectivity index (χ1v) is 9.45. The molecule has 2 aromatic heterocycles. The minimum Gasteiger partial charge on any atom is -0.491 e. The summed E-state index contributed by atoms with van der Waals surface area (Å²) in [5.41, 5.74) is 2.24. The number of ether oxygens (including phenoxy) is 2. The van der Waals surface area contributed by atoms with Crippen molar-refractivity contribution in [3.05, 3.63) is 41.5 Å². The Bertz CT molecular complexity index is 714. The van der Waals surface area contributed by atoms with Gasteiger partial charge in [-0.05, 0) is 45.2 Å². The topological polar surface area (TPSA) is 60.6 Å². The molecule has 2 saturated heterocycles. The maximum absolute atomic E-state index is 6.15. The highest BCUT2D eigenvalue weighted by atomic mass is 16.5. The van der Waals surface area contributed by atoms with E-state index in [-0.39, 0.29) is 11.5 Å². The molecule has 2 unspecified atom stereocenters. The van der Waals surface area contributed by atoms with Gasteiger partial charge in [-0.3, -0.25) is 9.88 Å². The van der Waals surface area contributed by atoms with E-state index >= 15 is 0 Å². The van der Waals surface area contributed by atoms with Crippen molar-refractivity contribution in [3.63, 3.8) is 0 Å². The molecule has 0 radical (unpaired) electrons. The van der Waals surface area contributed by atoms with Gasteiger partial charge in [-0.15, -0.1) is 0 Å². The monoisotopic (exact) mass is 357 g/mol. The number of pyridine rings is 1. The van der Waals surface area contributed by atoms with Crippen molar-refractivity contribution in [2.24, 2.45) is 5.41 Å². The Kier molecular flexibility index (Phi) is 4.96. The molecule has 4 heterocycles. The molecule has 140 valence electrons. The van der Waals surface area contributed by atoms with Crippen LogP contribution in [0, 0.1) is 19.3 Å². The summed E-state index contributed by atoms with van der Waals surface area (Å²) in [4.78, 5) is 6.65. The third-order valence-corrected chi connectivity index (χ3v) is 5.79. The fourth-order valence-corrected chi connectivity index (χ4v) is 4.34. The van der Waals surface area contributed by atoms with E-state index in [2.05, 4.69) is 15.0 Å². The van der Waals surface area contributed by atoms with Gasteiger partial charge in [0.2, 0.25) is 0 Å². The molecule has 2 atom stereocenters. The fourth-order valence-electron chi connectivity index (χ4n) is 4.34. The zero-order chi connectivity index (χ0) is 18.0. The molecule has 0 bridgehead atoms. The number of hydrogen-bond donors (Lipinski definition) is 0. The quantitative estimate of drug-likeness (QED) is 0.819. The van der Waals surface area contributed by atoms with Crippen molar-refractivity contribution in [2.45, 2.75) is 45.8 Å². The minimum atomic E-state index is 0.0331. The zero-order valence-corrected chi connectivity index (χ0v) is 15.6. The summed E-state index contributed by atoms with van der Waals surface area (Å²) in [7, 11) is 0. The van der Waals surface area contributed by atoms with Gasteiger partial charge in [0.05, 0.1) is 24.6 Å². The number of hydrogen-bond acceptors (Lipinski definition) is 6. The maximum Gasteiger partial charge on any atom is 0.138 e. The Labute approximate surface area is 154 Å². The van der Waals surface area contributed by atoms with Crippen molar-refractivity contribution < 1.29 is 14.0 Å². The van der Waals surface area contributed by atoms with Gasteiger partial charge in [-0.1, -0.05) is 5.16 Å². The third kappa shape index (κ3) is 3.48. The second-order valence-corrected chi connectivity index (χ2v) is 7.60. The lowest BCUT2D eigenvalue weighted by atomic mass is 9.73. The first-order valence-electron chi connectivity index (χ1n) is 9.45. The van der Waals surface area contributed by atoms with E-state index in [0.29, 0.717) is 6.61 Å². The number of likely N-dealkylation sites (tertiary alicyclic amines) is 1. The average molecular weight is 357 g/mol. The lowest BCUT2D eigenvalue weighted by molar-refractivity contribution is -0.140. The van der Waals surface area contributed by atoms with E-state index in [1.54, 1.807) is 12.4 Å². The van der Waals surface area contributed by atoms with Crippen LogP contribution in [0.1, 0.15) is 36.3 Å². The summed E-state index contributed by atoms with van der Waals surface area (Å²) < 4.78 is 17.6. The van der Waals surface area contributed by atoms with Crippen LogP contribution >= 0.6 is 0 Å². The van der Waals surface area contributed by atoms with Crippen LogP contribution in [0.3, 0.4) is 0 Å². The number of rotatable bonds is 5. The summed E-state index contributed by atoms with van der Waals surface area (Å²) in [6, 6.07) is 3.87. The van der Waals surface area contributed by atoms with Crippen molar-refractivity contribution >= 4 is 0 Å². The van der Waals surface area contributed by atoms with Gasteiger partial charge in [-0.25, -0.2) is 0 Å². The summed E-state index contributed by atoms with van der Waals surface area (Å²) in [5.74, 6) is 1.75. The number of fused-ring (bicyclic) bond motifs is 1. The Morgan fingerprint density at radius 1 is 1.38 bits per heavy atom. The molecule has 2 aromatic rings. The van der Waals surface area contributed by atoms with Crippen LogP contribution in [-0.4, -0.2) is 47.4 Å². The number of nitrogens with zero attached hydrogens (tertiary/aromatic N) is 3. The fraction of sp³-hybridized carbons (Fsp3) is 0.600. The lowest BCUT2D eigenvalue weighted by Gasteiger charge is -2.50. The van der Waals surface area contributed by atoms with Crippen LogP contribution in [0.5, 0.6) is 5.75 Å². The molecular formula is C20H27N3O3. The first-order chi connectivity index (χ1) is 12.7. The largest absolute Gasteiger partial charge is 0.491 e. The van der Waals surface area contributed by atoms with Gasteiger partial charge in [0.15, 0.2) is 0 Å². The Morgan fingerprint density at radius 2 is 2.31 bits per heavy atom. The van der Waals surface area contributed by atoms with Crippen molar-refractivity contribution in [1.29, 1.82) is 0 Å². The summed E-state index contributed by atoms with van der Waals surface area (Å²) in [6.45, 7) is 8.43. The molecule has 26 heavy (non-hydrogen) atoms. The van der Waals surface area contributed by atoms with Crippen molar-refractivity contribution in [1.82, 2.24) is 15.0 Å². The molecular weight excluding hydrogens is 330 g/mol. The molecule has 2 fully saturated rings. The van der Waals surface area contributed by atoms with E-state index in [1.807, 2.05) is 26.0 Å². The standard InChI is InChI=1S/C20H27N3O3/c1-15-18(16(2)26-22-15)12-23-9-6-19-20(13-23,7-4-10-24-19)14-25-17-5-3-8-21-11-17/h3,5,8,11,19H,4,6-7,9-10,12-14H2,1-2H3. The van der Waals surface area contributed by atoms with E-state index in [4.69, 9.17) is 14.0 Å². The van der Waals surface area contributed by atoms with E-state index < -0.39 is 0 Å². The second kappa shape index (κ2) is 7.37. The van der Waals surface area contributed by atoms with E-state index in [9.17, 15) is 0 Å². The van der Waals surface area contributed by atoms with Crippen molar-refractivity contribution in [2.75, 3.05) is 26.3 Å². The number of aromatic nitrogens is 2. The summed E-state index contributed by atoms with van der Waals surface area (Å²) >= 11 is 0. The van der Waals surface area contributed by atoms with E-state index in [0.717, 1.165) is 62.7 Å². The Balaban J connectivity index is 1.49. The van der Waals surface area contributed by atoms with Crippen LogP contribution in [0.15, 0.2) is 29.0 Å². The molecule has 0 aromatic carbocycles. The van der Waals surface area contributed by atoms with Crippen molar-refractivity contribution in [3.8, 4) is 5.75 Å². The van der Waals surface area contributed by atoms with Crippen LogP contribution in [0.4, 0.5) is 0 Å². The molecule has 0 spiro atoms. The van der Waals surface area contributed by atoms with E-state index in [1.165, 1.54) is 5.56 Å². The number of piperidine rings is 1. The second-order valence-electron chi connectivity index (χ2n) is 7.60. The molecule has 6 nitrogen and oxygen atoms in total. The highest BCUT2D eigenvalue weighted by Gasteiger charge is 2.46. The van der Waals surface area contributed by atoms with Crippen LogP contribution < -0.4 is 4.74 Å². The molecule has 2 aliphatic heterocycles. The molecule has 2 aliphatic rings. The molecule has 0 saturated carbocycles. The van der Waals surface area contributed by atoms with Gasteiger partial charge >= 0.3 is 0 Å². The lowest BCUT2D eigenvalue weighted by Crippen LogP contribution is -2.57. The van der Waals surface area contributed by atoms with Gasteiger partial charge in [0.1, 0.15) is 11.5 Å². The highest BCUT2D eigenvalue weighted by Crippen LogP contribution is 2.41. The SMILES string of the molecule is Cc1noc(C)c1CN1CCC2OCCCC2(COc2cccnc2)C1. The van der Waals surface area contributed by atoms with Crippen LogP contribution in [0.25, 0.3) is 0 Å². The molecule has 0 amide bonds. The smallest absolute Gasteiger partial charge is 0.138 e. The highest BCUT2D eigenvalue weighted by molar-refractivity contribution is 5.21.